The first-order valence-corrected chi connectivity index (χ1v) is 7.78. The Kier molecular flexibility index (Phi) is 5.63. The quantitative estimate of drug-likeness (QED) is 0.816. The number of urea groups is 1. The Labute approximate surface area is 137 Å². The van der Waals surface area contributed by atoms with Gasteiger partial charge in [-0.3, -0.25) is 0 Å². The summed E-state index contributed by atoms with van der Waals surface area (Å²) in [6, 6.07) is 11.8. The van der Waals surface area contributed by atoms with Crippen molar-refractivity contribution in [1.82, 2.24) is 5.32 Å². The van der Waals surface area contributed by atoms with Crippen molar-refractivity contribution in [1.29, 1.82) is 0 Å². The van der Waals surface area contributed by atoms with E-state index < -0.39 is 0 Å². The summed E-state index contributed by atoms with van der Waals surface area (Å²) in [5, 5.41) is 5.65. The fourth-order valence-corrected chi connectivity index (χ4v) is 2.31. The number of nitrogens with one attached hydrogen (secondary N) is 2. The van der Waals surface area contributed by atoms with Crippen LogP contribution in [-0.2, 0) is 0 Å². The molecule has 0 fully saturated rings. The molecule has 0 heterocycles. The topological polar surface area (TPSA) is 50.4 Å². The van der Waals surface area contributed by atoms with Gasteiger partial charge in [-0.25, -0.2) is 4.79 Å². The number of carbonyl (C=O) groups is 1. The van der Waals surface area contributed by atoms with Crippen molar-refractivity contribution in [3.8, 4) is 5.75 Å². The number of rotatable bonds is 5. The molecule has 0 radical (unpaired) electrons. The standard InChI is InChI=1S/C19H24N2O2/c1-13-6-8-17(16(4)11-13)21-19(22)20-9-10-23-18-12-14(2)5-7-15(18)3/h5-8,11-12H,9-10H2,1-4H3,(H2,20,21,22). The van der Waals surface area contributed by atoms with Crippen molar-refractivity contribution in [2.24, 2.45) is 0 Å². The predicted octanol–water partition coefficient (Wildman–Crippen LogP) is 4.12. The van der Waals surface area contributed by atoms with Gasteiger partial charge in [-0.05, 0) is 56.5 Å². The molecule has 0 aromatic heterocycles. The summed E-state index contributed by atoms with van der Waals surface area (Å²) in [4.78, 5) is 11.9. The molecule has 2 N–H and O–H groups in total. The molecule has 4 nitrogen and oxygen atoms in total. The first kappa shape index (κ1) is 16.9. The van der Waals surface area contributed by atoms with Gasteiger partial charge in [0.1, 0.15) is 12.4 Å². The van der Waals surface area contributed by atoms with Crippen LogP contribution in [0.25, 0.3) is 0 Å². The van der Waals surface area contributed by atoms with E-state index >= 15 is 0 Å². The van der Waals surface area contributed by atoms with Crippen LogP contribution in [0.15, 0.2) is 36.4 Å². The van der Waals surface area contributed by atoms with Crippen molar-refractivity contribution >= 4 is 11.7 Å². The van der Waals surface area contributed by atoms with Gasteiger partial charge >= 0.3 is 6.03 Å². The lowest BCUT2D eigenvalue weighted by molar-refractivity contribution is 0.247. The molecule has 0 spiro atoms. The van der Waals surface area contributed by atoms with Crippen LogP contribution in [0.1, 0.15) is 22.3 Å². The maximum atomic E-state index is 11.9. The zero-order valence-corrected chi connectivity index (χ0v) is 14.2. The number of carbonyl (C=O) groups excluding carboxylic acids is 1. The molecule has 2 aromatic carbocycles. The Hall–Kier alpha value is -2.49. The molecule has 0 aliphatic rings. The molecule has 0 aliphatic heterocycles. The zero-order valence-electron chi connectivity index (χ0n) is 14.2. The molecule has 0 atom stereocenters. The van der Waals surface area contributed by atoms with Crippen molar-refractivity contribution in [3.05, 3.63) is 58.7 Å². The van der Waals surface area contributed by atoms with Gasteiger partial charge in [0.15, 0.2) is 0 Å². The number of anilines is 1. The van der Waals surface area contributed by atoms with Gasteiger partial charge in [0.05, 0.1) is 6.54 Å². The van der Waals surface area contributed by atoms with Crippen LogP contribution in [-0.4, -0.2) is 19.2 Å². The van der Waals surface area contributed by atoms with E-state index in [0.29, 0.717) is 13.2 Å². The SMILES string of the molecule is Cc1ccc(NC(=O)NCCOc2cc(C)ccc2C)c(C)c1. The number of amides is 2. The second-order valence-corrected chi connectivity index (χ2v) is 5.82. The third kappa shape index (κ3) is 5.02. The lowest BCUT2D eigenvalue weighted by atomic mass is 10.1. The molecule has 2 amide bonds. The lowest BCUT2D eigenvalue weighted by Gasteiger charge is -2.12. The van der Waals surface area contributed by atoms with Crippen LogP contribution in [0.5, 0.6) is 5.75 Å². The molecule has 0 saturated carbocycles. The molecule has 0 saturated heterocycles. The number of hydrogen-bond acceptors (Lipinski definition) is 2. The van der Waals surface area contributed by atoms with Gasteiger partial charge < -0.3 is 15.4 Å². The second kappa shape index (κ2) is 7.68. The van der Waals surface area contributed by atoms with Gasteiger partial charge in [0.2, 0.25) is 0 Å². The van der Waals surface area contributed by atoms with E-state index in [9.17, 15) is 4.79 Å². The Balaban J connectivity index is 1.77. The van der Waals surface area contributed by atoms with Crippen LogP contribution in [0.4, 0.5) is 10.5 Å². The van der Waals surface area contributed by atoms with Gasteiger partial charge in [-0.1, -0.05) is 29.8 Å². The summed E-state index contributed by atoms with van der Waals surface area (Å²) >= 11 is 0. The summed E-state index contributed by atoms with van der Waals surface area (Å²) in [5.74, 6) is 0.863. The zero-order chi connectivity index (χ0) is 16.8. The van der Waals surface area contributed by atoms with Crippen molar-refractivity contribution in [3.63, 3.8) is 0 Å². The summed E-state index contributed by atoms with van der Waals surface area (Å²) in [6.45, 7) is 8.93. The van der Waals surface area contributed by atoms with E-state index in [2.05, 4.69) is 16.7 Å². The van der Waals surface area contributed by atoms with Gasteiger partial charge in [-0.2, -0.15) is 0 Å². The Morgan fingerprint density at radius 2 is 1.65 bits per heavy atom. The minimum atomic E-state index is -0.221. The average Bonchev–Trinajstić information content (AvgIpc) is 2.50. The molecule has 0 bridgehead atoms. The Bertz CT molecular complexity index is 696. The summed E-state index contributed by atoms with van der Waals surface area (Å²) in [5.41, 5.74) is 5.30. The monoisotopic (exact) mass is 312 g/mol. The van der Waals surface area contributed by atoms with E-state index in [1.807, 2.05) is 58.0 Å². The number of aryl methyl sites for hydroxylation is 4. The third-order valence-corrected chi connectivity index (χ3v) is 3.62. The smallest absolute Gasteiger partial charge is 0.319 e. The maximum Gasteiger partial charge on any atom is 0.319 e. The molecule has 0 aliphatic carbocycles. The predicted molar refractivity (Wildman–Crippen MR) is 94.3 cm³/mol. The van der Waals surface area contributed by atoms with E-state index in [0.717, 1.165) is 28.1 Å². The highest BCUT2D eigenvalue weighted by Crippen LogP contribution is 2.19. The summed E-state index contributed by atoms with van der Waals surface area (Å²) < 4.78 is 5.72. The minimum absolute atomic E-state index is 0.221. The normalized spacial score (nSPS) is 10.3. The van der Waals surface area contributed by atoms with Crippen LogP contribution < -0.4 is 15.4 Å². The van der Waals surface area contributed by atoms with E-state index in [-0.39, 0.29) is 6.03 Å². The maximum absolute atomic E-state index is 11.9. The molecular formula is C19H24N2O2. The highest BCUT2D eigenvalue weighted by Gasteiger charge is 2.04. The third-order valence-electron chi connectivity index (χ3n) is 3.62. The average molecular weight is 312 g/mol. The molecular weight excluding hydrogens is 288 g/mol. The van der Waals surface area contributed by atoms with Crippen molar-refractivity contribution in [2.75, 3.05) is 18.5 Å². The van der Waals surface area contributed by atoms with E-state index in [4.69, 9.17) is 4.74 Å². The van der Waals surface area contributed by atoms with Crippen LogP contribution in [0.2, 0.25) is 0 Å². The molecule has 122 valence electrons. The summed E-state index contributed by atoms with van der Waals surface area (Å²) in [6.07, 6.45) is 0. The van der Waals surface area contributed by atoms with Gasteiger partial charge in [0.25, 0.3) is 0 Å². The first-order valence-electron chi connectivity index (χ1n) is 7.78. The van der Waals surface area contributed by atoms with Crippen molar-refractivity contribution in [2.45, 2.75) is 27.7 Å². The Morgan fingerprint density at radius 1 is 0.957 bits per heavy atom. The number of ether oxygens (including phenoxy) is 1. The van der Waals surface area contributed by atoms with Crippen LogP contribution >= 0.6 is 0 Å². The molecule has 2 aromatic rings. The van der Waals surface area contributed by atoms with E-state index in [1.165, 1.54) is 5.56 Å². The molecule has 4 heteroatoms. The lowest BCUT2D eigenvalue weighted by Crippen LogP contribution is -2.32. The Morgan fingerprint density at radius 3 is 2.39 bits per heavy atom. The minimum Gasteiger partial charge on any atom is -0.491 e. The number of hydrogen-bond donors (Lipinski definition) is 2. The first-order chi connectivity index (χ1) is 11.0. The fraction of sp³-hybridized carbons (Fsp3) is 0.316. The second-order valence-electron chi connectivity index (χ2n) is 5.82. The molecule has 0 unspecified atom stereocenters. The highest BCUT2D eigenvalue weighted by atomic mass is 16.5. The summed E-state index contributed by atoms with van der Waals surface area (Å²) in [7, 11) is 0. The number of benzene rings is 2. The molecule has 23 heavy (non-hydrogen) atoms. The van der Waals surface area contributed by atoms with Crippen LogP contribution in [0.3, 0.4) is 0 Å². The fourth-order valence-electron chi connectivity index (χ4n) is 2.31. The highest BCUT2D eigenvalue weighted by molar-refractivity contribution is 5.90. The van der Waals surface area contributed by atoms with Crippen LogP contribution in [0, 0.1) is 27.7 Å². The van der Waals surface area contributed by atoms with Crippen molar-refractivity contribution < 1.29 is 9.53 Å². The van der Waals surface area contributed by atoms with E-state index in [1.54, 1.807) is 0 Å². The van der Waals surface area contributed by atoms with Gasteiger partial charge in [0, 0.05) is 5.69 Å². The largest absolute Gasteiger partial charge is 0.491 e. The van der Waals surface area contributed by atoms with Gasteiger partial charge in [-0.15, -0.1) is 0 Å². The molecule has 2 rings (SSSR count).